The Morgan fingerprint density at radius 3 is 2.49 bits per heavy atom. The topological polar surface area (TPSA) is 90.9 Å². The van der Waals surface area contributed by atoms with E-state index in [1.54, 1.807) is 38.2 Å². The number of aliphatic imine (C=N–C) groups is 1. The highest BCUT2D eigenvalue weighted by Gasteiger charge is 2.32. The first kappa shape index (κ1) is 24.2. The Balaban J connectivity index is 1.54. The van der Waals surface area contributed by atoms with Crippen LogP contribution in [0.5, 0.6) is 0 Å². The molecule has 0 fully saturated rings. The Morgan fingerprint density at radius 2 is 1.74 bits per heavy atom. The molecule has 1 heterocycles. The molecule has 0 unspecified atom stereocenters. The van der Waals surface area contributed by atoms with E-state index in [0.717, 1.165) is 16.7 Å². The molecule has 0 aromatic heterocycles. The van der Waals surface area contributed by atoms with Crippen molar-refractivity contribution in [1.29, 1.82) is 0 Å². The van der Waals surface area contributed by atoms with Gasteiger partial charge in [-0.2, -0.15) is 0 Å². The lowest BCUT2D eigenvalue weighted by atomic mass is 10.0. The van der Waals surface area contributed by atoms with Crippen LogP contribution >= 0.6 is 11.6 Å². The van der Waals surface area contributed by atoms with Gasteiger partial charge in [-0.05, 0) is 30.7 Å². The van der Waals surface area contributed by atoms with Gasteiger partial charge in [-0.15, -0.1) is 0 Å². The van der Waals surface area contributed by atoms with Crippen LogP contribution in [0, 0.1) is 0 Å². The third-order valence-electron chi connectivity index (χ3n) is 5.69. The van der Waals surface area contributed by atoms with Gasteiger partial charge in [0.05, 0.1) is 17.8 Å². The van der Waals surface area contributed by atoms with Crippen LogP contribution in [0.4, 0.5) is 5.69 Å². The molecule has 2 N–H and O–H groups in total. The average molecular weight is 489 g/mol. The van der Waals surface area contributed by atoms with Gasteiger partial charge in [-0.3, -0.25) is 14.4 Å². The summed E-state index contributed by atoms with van der Waals surface area (Å²) in [7, 11) is 1.65. The number of benzodiazepines with no additional fused rings is 1. The standard InChI is InChI=1S/C27H25ClN4O3/c1-17(29-23(33)16-18-9-8-12-20(28)15-18)26(34)31-25-27(35)32(2)22-14-7-6-13-21(22)24(30-25)19-10-4-3-5-11-19/h3-15,17,25H,16H2,1-2H3,(H,29,33)(H,31,34)/t17-,25+/m0/s1. The van der Waals surface area contributed by atoms with Gasteiger partial charge in [-0.1, -0.05) is 72.3 Å². The van der Waals surface area contributed by atoms with Gasteiger partial charge < -0.3 is 15.5 Å². The minimum absolute atomic E-state index is 0.0783. The van der Waals surface area contributed by atoms with Crippen LogP contribution in [0.2, 0.25) is 5.02 Å². The van der Waals surface area contributed by atoms with Crippen LogP contribution < -0.4 is 15.5 Å². The van der Waals surface area contributed by atoms with Gasteiger partial charge in [0, 0.05) is 23.2 Å². The highest BCUT2D eigenvalue weighted by atomic mass is 35.5. The van der Waals surface area contributed by atoms with Crippen molar-refractivity contribution in [3.63, 3.8) is 0 Å². The molecule has 35 heavy (non-hydrogen) atoms. The number of fused-ring (bicyclic) bond motifs is 1. The monoisotopic (exact) mass is 488 g/mol. The molecule has 3 aromatic carbocycles. The molecule has 2 atom stereocenters. The normalized spacial score (nSPS) is 16.0. The molecule has 3 amide bonds. The number of likely N-dealkylation sites (N-methyl/N-ethyl adjacent to an activating group) is 1. The first-order valence-electron chi connectivity index (χ1n) is 11.2. The number of hydrogen-bond acceptors (Lipinski definition) is 4. The summed E-state index contributed by atoms with van der Waals surface area (Å²) in [6, 6.07) is 23.1. The summed E-state index contributed by atoms with van der Waals surface area (Å²) in [6.07, 6.45) is -1.07. The molecule has 1 aliphatic rings. The summed E-state index contributed by atoms with van der Waals surface area (Å²) in [4.78, 5) is 44.8. The zero-order valence-electron chi connectivity index (χ0n) is 19.4. The lowest BCUT2D eigenvalue weighted by molar-refractivity contribution is -0.130. The minimum Gasteiger partial charge on any atom is -0.344 e. The van der Waals surface area contributed by atoms with E-state index >= 15 is 0 Å². The van der Waals surface area contributed by atoms with Crippen molar-refractivity contribution >= 4 is 40.7 Å². The molecule has 178 valence electrons. The number of carbonyl (C=O) groups is 3. The number of para-hydroxylation sites is 1. The van der Waals surface area contributed by atoms with E-state index < -0.39 is 18.1 Å². The van der Waals surface area contributed by atoms with Gasteiger partial charge in [0.15, 0.2) is 0 Å². The Hall–Kier alpha value is -3.97. The number of halogens is 1. The maximum absolute atomic E-state index is 13.2. The molecule has 8 heteroatoms. The lowest BCUT2D eigenvalue weighted by Gasteiger charge is -2.22. The van der Waals surface area contributed by atoms with E-state index in [9.17, 15) is 14.4 Å². The number of rotatable bonds is 6. The Labute approximate surface area is 208 Å². The van der Waals surface area contributed by atoms with Crippen LogP contribution in [0.1, 0.15) is 23.6 Å². The van der Waals surface area contributed by atoms with E-state index in [2.05, 4.69) is 15.6 Å². The van der Waals surface area contributed by atoms with Crippen molar-refractivity contribution in [3.8, 4) is 0 Å². The second kappa shape index (κ2) is 10.5. The van der Waals surface area contributed by atoms with Crippen LogP contribution in [0.3, 0.4) is 0 Å². The third-order valence-corrected chi connectivity index (χ3v) is 5.93. The fraction of sp³-hybridized carbons (Fsp3) is 0.185. The highest BCUT2D eigenvalue weighted by Crippen LogP contribution is 2.27. The first-order chi connectivity index (χ1) is 16.8. The maximum Gasteiger partial charge on any atom is 0.272 e. The Kier molecular flexibility index (Phi) is 7.27. The minimum atomic E-state index is -1.15. The van der Waals surface area contributed by atoms with Crippen LogP contribution in [-0.2, 0) is 20.8 Å². The SMILES string of the molecule is C[C@H](NC(=O)Cc1cccc(Cl)c1)C(=O)N[C@H]1N=C(c2ccccc2)c2ccccc2N(C)C1=O. The predicted molar refractivity (Wildman–Crippen MR) is 137 cm³/mol. The van der Waals surface area contributed by atoms with Gasteiger partial charge in [0.1, 0.15) is 6.04 Å². The van der Waals surface area contributed by atoms with Crippen molar-refractivity contribution in [2.45, 2.75) is 25.6 Å². The second-order valence-electron chi connectivity index (χ2n) is 8.27. The molecule has 0 aliphatic carbocycles. The van der Waals surface area contributed by atoms with Crippen molar-refractivity contribution in [3.05, 3.63) is 101 Å². The average Bonchev–Trinajstić information content (AvgIpc) is 2.95. The molecular weight excluding hydrogens is 464 g/mol. The predicted octanol–water partition coefficient (Wildman–Crippen LogP) is 3.34. The quantitative estimate of drug-likeness (QED) is 0.557. The Morgan fingerprint density at radius 1 is 1.03 bits per heavy atom. The van der Waals surface area contributed by atoms with E-state index in [4.69, 9.17) is 11.6 Å². The van der Waals surface area contributed by atoms with Crippen molar-refractivity contribution in [2.24, 2.45) is 4.99 Å². The summed E-state index contributed by atoms with van der Waals surface area (Å²) < 4.78 is 0. The molecule has 0 spiro atoms. The molecule has 4 rings (SSSR count). The number of carbonyl (C=O) groups excluding carboxylic acids is 3. The largest absolute Gasteiger partial charge is 0.344 e. The lowest BCUT2D eigenvalue weighted by Crippen LogP contribution is -2.52. The molecular formula is C27H25ClN4O3. The summed E-state index contributed by atoms with van der Waals surface area (Å²) in [5, 5.41) is 5.90. The third kappa shape index (κ3) is 5.58. The number of nitrogens with zero attached hydrogens (tertiary/aromatic N) is 2. The van der Waals surface area contributed by atoms with Gasteiger partial charge in [0.2, 0.25) is 18.0 Å². The summed E-state index contributed by atoms with van der Waals surface area (Å²) >= 11 is 5.98. The van der Waals surface area contributed by atoms with E-state index in [1.807, 2.05) is 54.6 Å². The number of hydrogen-bond donors (Lipinski definition) is 2. The molecule has 0 radical (unpaired) electrons. The van der Waals surface area contributed by atoms with E-state index in [0.29, 0.717) is 16.4 Å². The second-order valence-corrected chi connectivity index (χ2v) is 8.70. The van der Waals surface area contributed by atoms with Crippen molar-refractivity contribution in [2.75, 3.05) is 11.9 Å². The Bertz CT molecular complexity index is 1290. The summed E-state index contributed by atoms with van der Waals surface area (Å²) in [6.45, 7) is 1.56. The van der Waals surface area contributed by atoms with Gasteiger partial charge in [0.25, 0.3) is 5.91 Å². The number of anilines is 1. The summed E-state index contributed by atoms with van der Waals surface area (Å²) in [5.41, 5.74) is 3.64. The zero-order valence-corrected chi connectivity index (χ0v) is 20.1. The fourth-order valence-electron chi connectivity index (χ4n) is 3.89. The fourth-order valence-corrected chi connectivity index (χ4v) is 4.11. The summed E-state index contributed by atoms with van der Waals surface area (Å²) in [5.74, 6) is -1.23. The van der Waals surface area contributed by atoms with Crippen molar-refractivity contribution in [1.82, 2.24) is 10.6 Å². The number of benzene rings is 3. The van der Waals surface area contributed by atoms with Crippen LogP contribution in [-0.4, -0.2) is 42.7 Å². The number of nitrogens with one attached hydrogen (secondary N) is 2. The highest BCUT2D eigenvalue weighted by molar-refractivity contribution is 6.30. The zero-order chi connectivity index (χ0) is 24.9. The molecule has 0 bridgehead atoms. The maximum atomic E-state index is 13.2. The molecule has 0 saturated carbocycles. The molecule has 3 aromatic rings. The van der Waals surface area contributed by atoms with E-state index in [1.165, 1.54) is 4.90 Å². The van der Waals surface area contributed by atoms with Crippen molar-refractivity contribution < 1.29 is 14.4 Å². The first-order valence-corrected chi connectivity index (χ1v) is 11.6. The van der Waals surface area contributed by atoms with E-state index in [-0.39, 0.29) is 18.2 Å². The molecule has 0 saturated heterocycles. The van der Waals surface area contributed by atoms with Gasteiger partial charge in [-0.25, -0.2) is 4.99 Å². The van der Waals surface area contributed by atoms with Crippen LogP contribution in [0.25, 0.3) is 0 Å². The van der Waals surface area contributed by atoms with Gasteiger partial charge >= 0.3 is 0 Å². The molecule has 7 nitrogen and oxygen atoms in total. The van der Waals surface area contributed by atoms with Crippen LogP contribution in [0.15, 0.2) is 83.9 Å². The smallest absolute Gasteiger partial charge is 0.272 e. The molecule has 1 aliphatic heterocycles. The number of amides is 3.